The Morgan fingerprint density at radius 2 is 2.00 bits per heavy atom. The van der Waals surface area contributed by atoms with Gasteiger partial charge in [-0.2, -0.15) is 0 Å². The van der Waals surface area contributed by atoms with E-state index in [1.807, 2.05) is 16.2 Å². The van der Waals surface area contributed by atoms with E-state index < -0.39 is 0 Å². The Kier molecular flexibility index (Phi) is 5.91. The van der Waals surface area contributed by atoms with Gasteiger partial charge in [-0.25, -0.2) is 4.79 Å². The van der Waals surface area contributed by atoms with Crippen LogP contribution in [0.15, 0.2) is 11.4 Å². The minimum absolute atomic E-state index is 0.0950. The fourth-order valence-electron chi connectivity index (χ4n) is 3.36. The lowest BCUT2D eigenvalue weighted by Crippen LogP contribution is -2.47. The number of carbonyl (C=O) groups is 1. The molecule has 0 aromatic carbocycles. The summed E-state index contributed by atoms with van der Waals surface area (Å²) in [6, 6.07) is 2.24. The maximum Gasteiger partial charge on any atom is 0.317 e. The summed E-state index contributed by atoms with van der Waals surface area (Å²) in [6.45, 7) is 11.5. The summed E-state index contributed by atoms with van der Waals surface area (Å²) in [7, 11) is 0. The molecule has 2 aliphatic heterocycles. The molecule has 0 unspecified atom stereocenters. The van der Waals surface area contributed by atoms with Crippen LogP contribution in [0, 0.1) is 0 Å². The Bertz CT molecular complexity index is 510. The predicted molar refractivity (Wildman–Crippen MR) is 95.0 cm³/mol. The van der Waals surface area contributed by atoms with Gasteiger partial charge >= 0.3 is 6.03 Å². The van der Waals surface area contributed by atoms with E-state index in [4.69, 9.17) is 0 Å². The van der Waals surface area contributed by atoms with Gasteiger partial charge < -0.3 is 20.0 Å². The first kappa shape index (κ1) is 16.7. The lowest BCUT2D eigenvalue weighted by Gasteiger charge is -2.34. The van der Waals surface area contributed by atoms with Gasteiger partial charge in [-0.05, 0) is 42.9 Å². The molecule has 1 saturated heterocycles. The van der Waals surface area contributed by atoms with Gasteiger partial charge in [0.05, 0.1) is 0 Å². The van der Waals surface area contributed by atoms with Crippen molar-refractivity contribution in [1.82, 2.24) is 20.0 Å². The van der Waals surface area contributed by atoms with Crippen molar-refractivity contribution >= 4 is 17.4 Å². The van der Waals surface area contributed by atoms with Crippen LogP contribution in [0.25, 0.3) is 0 Å². The molecule has 1 N–H and O–H groups in total. The van der Waals surface area contributed by atoms with Crippen LogP contribution in [0.1, 0.15) is 23.8 Å². The van der Waals surface area contributed by atoms with Crippen molar-refractivity contribution in [1.29, 1.82) is 0 Å². The molecule has 2 aliphatic rings. The van der Waals surface area contributed by atoms with E-state index in [0.717, 1.165) is 58.7 Å². The SMILES string of the molecule is CCN1CCN(CCCNC(=O)N2CCc3sccc3C2)CC1. The maximum atomic E-state index is 12.3. The topological polar surface area (TPSA) is 38.8 Å². The Morgan fingerprint density at radius 1 is 1.22 bits per heavy atom. The molecule has 0 bridgehead atoms. The van der Waals surface area contributed by atoms with Gasteiger partial charge in [0.15, 0.2) is 0 Å². The van der Waals surface area contributed by atoms with Crippen LogP contribution >= 0.6 is 11.3 Å². The minimum Gasteiger partial charge on any atom is -0.338 e. The molecule has 5 nitrogen and oxygen atoms in total. The number of likely N-dealkylation sites (N-methyl/N-ethyl adjacent to an activating group) is 1. The van der Waals surface area contributed by atoms with Crippen molar-refractivity contribution < 1.29 is 4.79 Å². The van der Waals surface area contributed by atoms with Gasteiger partial charge in [-0.1, -0.05) is 6.92 Å². The zero-order valence-corrected chi connectivity index (χ0v) is 14.9. The minimum atomic E-state index is 0.0950. The van der Waals surface area contributed by atoms with Crippen LogP contribution in [-0.4, -0.2) is 73.1 Å². The van der Waals surface area contributed by atoms with Crippen molar-refractivity contribution in [3.8, 4) is 0 Å². The van der Waals surface area contributed by atoms with Gasteiger partial charge in [0.2, 0.25) is 0 Å². The molecule has 2 amide bonds. The van der Waals surface area contributed by atoms with Crippen LogP contribution in [0.3, 0.4) is 0 Å². The van der Waals surface area contributed by atoms with Crippen molar-refractivity contribution in [2.75, 3.05) is 52.4 Å². The molecule has 0 radical (unpaired) electrons. The van der Waals surface area contributed by atoms with Gasteiger partial charge in [-0.15, -0.1) is 11.3 Å². The summed E-state index contributed by atoms with van der Waals surface area (Å²) < 4.78 is 0. The van der Waals surface area contributed by atoms with E-state index in [0.29, 0.717) is 0 Å². The zero-order valence-electron chi connectivity index (χ0n) is 14.1. The van der Waals surface area contributed by atoms with Gasteiger partial charge in [-0.3, -0.25) is 0 Å². The van der Waals surface area contributed by atoms with E-state index in [-0.39, 0.29) is 6.03 Å². The highest BCUT2D eigenvalue weighted by Crippen LogP contribution is 2.23. The third kappa shape index (κ3) is 4.46. The second-order valence-corrected chi connectivity index (χ2v) is 7.40. The second-order valence-electron chi connectivity index (χ2n) is 6.40. The monoisotopic (exact) mass is 336 g/mol. The molecule has 128 valence electrons. The fourth-order valence-corrected chi connectivity index (χ4v) is 4.25. The molecule has 0 saturated carbocycles. The van der Waals surface area contributed by atoms with E-state index in [1.54, 1.807) is 0 Å². The van der Waals surface area contributed by atoms with E-state index in [1.165, 1.54) is 23.5 Å². The third-order valence-corrected chi connectivity index (χ3v) is 5.96. The summed E-state index contributed by atoms with van der Waals surface area (Å²) in [6.07, 6.45) is 2.04. The van der Waals surface area contributed by atoms with Crippen LogP contribution in [-0.2, 0) is 13.0 Å². The van der Waals surface area contributed by atoms with Gasteiger partial charge in [0, 0.05) is 50.7 Å². The summed E-state index contributed by atoms with van der Waals surface area (Å²) in [5.41, 5.74) is 1.32. The first-order valence-electron chi connectivity index (χ1n) is 8.79. The highest BCUT2D eigenvalue weighted by molar-refractivity contribution is 7.10. The lowest BCUT2D eigenvalue weighted by atomic mass is 10.1. The van der Waals surface area contributed by atoms with Gasteiger partial charge in [0.25, 0.3) is 0 Å². The average molecular weight is 337 g/mol. The largest absolute Gasteiger partial charge is 0.338 e. The number of hydrogen-bond acceptors (Lipinski definition) is 4. The van der Waals surface area contributed by atoms with Crippen LogP contribution < -0.4 is 5.32 Å². The standard InChI is InChI=1S/C17H28N4OS/c1-2-19-9-11-20(12-10-19)7-3-6-18-17(22)21-8-4-16-15(14-21)5-13-23-16/h5,13H,2-4,6-12,14H2,1H3,(H,18,22). The number of nitrogens with zero attached hydrogens (tertiary/aromatic N) is 3. The molecule has 3 rings (SSSR count). The summed E-state index contributed by atoms with van der Waals surface area (Å²) in [5.74, 6) is 0. The number of nitrogens with one attached hydrogen (secondary N) is 1. The Labute approximate surface area is 143 Å². The molecule has 0 aliphatic carbocycles. The fraction of sp³-hybridized carbons (Fsp3) is 0.706. The molecule has 1 aromatic heterocycles. The number of piperazine rings is 1. The summed E-state index contributed by atoms with van der Waals surface area (Å²) in [4.78, 5) is 20.6. The van der Waals surface area contributed by atoms with E-state index in [2.05, 4.69) is 33.5 Å². The molecular weight excluding hydrogens is 308 g/mol. The highest BCUT2D eigenvalue weighted by atomic mass is 32.1. The third-order valence-electron chi connectivity index (χ3n) is 4.93. The Hall–Kier alpha value is -1.11. The molecular formula is C17H28N4OS. The predicted octanol–water partition coefficient (Wildman–Crippen LogP) is 1.84. The van der Waals surface area contributed by atoms with Crippen molar-refractivity contribution in [2.24, 2.45) is 0 Å². The number of rotatable bonds is 5. The quantitative estimate of drug-likeness (QED) is 0.834. The summed E-state index contributed by atoms with van der Waals surface area (Å²) in [5, 5.41) is 5.22. The molecule has 1 fully saturated rings. The zero-order chi connectivity index (χ0) is 16.1. The van der Waals surface area contributed by atoms with Crippen molar-refractivity contribution in [2.45, 2.75) is 26.3 Å². The van der Waals surface area contributed by atoms with E-state index in [9.17, 15) is 4.79 Å². The van der Waals surface area contributed by atoms with Gasteiger partial charge in [0.1, 0.15) is 0 Å². The second kappa shape index (κ2) is 8.13. The lowest BCUT2D eigenvalue weighted by molar-refractivity contribution is 0.136. The molecule has 6 heteroatoms. The number of carbonyl (C=O) groups excluding carboxylic acids is 1. The molecule has 0 spiro atoms. The molecule has 1 aromatic rings. The molecule has 23 heavy (non-hydrogen) atoms. The number of thiophene rings is 1. The number of fused-ring (bicyclic) bond motifs is 1. The first-order valence-corrected chi connectivity index (χ1v) is 9.67. The first-order chi connectivity index (χ1) is 11.3. The molecule has 0 atom stereocenters. The number of hydrogen-bond donors (Lipinski definition) is 1. The van der Waals surface area contributed by atoms with Crippen LogP contribution in [0.2, 0.25) is 0 Å². The smallest absolute Gasteiger partial charge is 0.317 e. The number of urea groups is 1. The van der Waals surface area contributed by atoms with Crippen LogP contribution in [0.4, 0.5) is 4.79 Å². The normalized spacial score (nSPS) is 19.6. The van der Waals surface area contributed by atoms with Crippen LogP contribution in [0.5, 0.6) is 0 Å². The number of amides is 2. The van der Waals surface area contributed by atoms with Crippen molar-refractivity contribution in [3.63, 3.8) is 0 Å². The van der Waals surface area contributed by atoms with Crippen molar-refractivity contribution in [3.05, 3.63) is 21.9 Å². The molecule has 3 heterocycles. The Morgan fingerprint density at radius 3 is 2.78 bits per heavy atom. The highest BCUT2D eigenvalue weighted by Gasteiger charge is 2.21. The maximum absolute atomic E-state index is 12.3. The van der Waals surface area contributed by atoms with E-state index >= 15 is 0 Å². The Balaban J connectivity index is 1.31. The summed E-state index contributed by atoms with van der Waals surface area (Å²) >= 11 is 1.81. The average Bonchev–Trinajstić information content (AvgIpc) is 3.06.